The quantitative estimate of drug-likeness (QED) is 0.302. The molecule has 0 bridgehead atoms. The van der Waals surface area contributed by atoms with Crippen LogP contribution in [0.5, 0.6) is 0 Å². The van der Waals surface area contributed by atoms with Gasteiger partial charge < -0.3 is 10.8 Å². The van der Waals surface area contributed by atoms with Crippen LogP contribution in [-0.2, 0) is 0 Å². The number of nitrogens with two attached hydrogens (primary N) is 1. The topological polar surface area (TPSA) is 174 Å². The summed E-state index contributed by atoms with van der Waals surface area (Å²) in [6, 6.07) is 13.5. The smallest absolute Gasteiger partial charge is 0.336 e. The lowest BCUT2D eigenvalue weighted by Gasteiger charge is -2.06. The van der Waals surface area contributed by atoms with Crippen LogP contribution in [0, 0.1) is 6.92 Å². The van der Waals surface area contributed by atoms with E-state index in [-0.39, 0.29) is 22.9 Å². The van der Waals surface area contributed by atoms with Gasteiger partial charge in [-0.2, -0.15) is 9.78 Å². The van der Waals surface area contributed by atoms with E-state index in [1.165, 1.54) is 17.0 Å². The molecule has 0 saturated heterocycles. The average Bonchev–Trinajstić information content (AvgIpc) is 3.40. The molecule has 4 aromatic rings. The second-order valence-electron chi connectivity index (χ2n) is 6.63. The summed E-state index contributed by atoms with van der Waals surface area (Å²) in [5, 5.41) is 28.3. The molecular weight excluding hydrogens is 416 g/mol. The van der Waals surface area contributed by atoms with Crippen molar-refractivity contribution in [1.82, 2.24) is 30.7 Å². The zero-order valence-electron chi connectivity index (χ0n) is 16.6. The maximum Gasteiger partial charge on any atom is 0.336 e. The highest BCUT2D eigenvalue weighted by molar-refractivity contribution is 6.00. The highest BCUT2D eigenvalue weighted by Crippen LogP contribution is 2.26. The van der Waals surface area contributed by atoms with E-state index in [9.17, 15) is 14.7 Å². The number of carbonyl (C=O) groups excluding carboxylic acids is 1. The standard InChI is InChI=1S/C20H16N8O4/c1-11-6-8-12(9-7-11)16-15(23-27-28(16)18-17(21)25-32-26-18)19(29)24-22-10-13-4-2-3-5-14(13)20(30)31/h2-10H,1H3,(H2,21,25)(H,24,29)(H,30,31)/b22-10-. The van der Waals surface area contributed by atoms with E-state index in [2.05, 4.69) is 35.8 Å². The summed E-state index contributed by atoms with van der Waals surface area (Å²) in [7, 11) is 0. The lowest BCUT2D eigenvalue weighted by molar-refractivity contribution is 0.0696. The highest BCUT2D eigenvalue weighted by Gasteiger charge is 2.25. The number of benzene rings is 2. The van der Waals surface area contributed by atoms with Gasteiger partial charge in [0.05, 0.1) is 11.8 Å². The van der Waals surface area contributed by atoms with E-state index in [4.69, 9.17) is 5.73 Å². The number of carbonyl (C=O) groups is 2. The third-order valence-corrected chi connectivity index (χ3v) is 4.47. The van der Waals surface area contributed by atoms with Gasteiger partial charge in [-0.25, -0.2) is 14.8 Å². The van der Waals surface area contributed by atoms with Crippen LogP contribution in [0.15, 0.2) is 58.3 Å². The van der Waals surface area contributed by atoms with E-state index in [0.29, 0.717) is 16.8 Å². The Kier molecular flexibility index (Phi) is 5.40. The number of carboxylic acids is 1. The number of rotatable bonds is 6. The molecule has 12 heteroatoms. The van der Waals surface area contributed by atoms with Crippen molar-refractivity contribution in [1.29, 1.82) is 0 Å². The van der Waals surface area contributed by atoms with E-state index >= 15 is 0 Å². The summed E-state index contributed by atoms with van der Waals surface area (Å²) >= 11 is 0. The lowest BCUT2D eigenvalue weighted by atomic mass is 10.1. The second kappa shape index (κ2) is 8.47. The number of anilines is 1. The SMILES string of the molecule is Cc1ccc(-c2c(C(=O)N/N=C\c3ccccc3C(=O)O)nnn2-c2nonc2N)cc1. The minimum absolute atomic E-state index is 0.0291. The molecule has 4 N–H and O–H groups in total. The third kappa shape index (κ3) is 3.92. The first-order valence-electron chi connectivity index (χ1n) is 9.22. The summed E-state index contributed by atoms with van der Waals surface area (Å²) in [4.78, 5) is 24.1. The molecule has 32 heavy (non-hydrogen) atoms. The molecule has 0 radical (unpaired) electrons. The van der Waals surface area contributed by atoms with Crippen LogP contribution in [0.25, 0.3) is 17.1 Å². The van der Waals surface area contributed by atoms with E-state index < -0.39 is 11.9 Å². The normalized spacial score (nSPS) is 11.0. The van der Waals surface area contributed by atoms with Gasteiger partial charge in [0, 0.05) is 11.1 Å². The van der Waals surface area contributed by atoms with Gasteiger partial charge in [0.25, 0.3) is 5.91 Å². The van der Waals surface area contributed by atoms with Crippen molar-refractivity contribution in [3.8, 4) is 17.1 Å². The van der Waals surface area contributed by atoms with Crippen LogP contribution in [-0.4, -0.2) is 48.5 Å². The first kappa shape index (κ1) is 20.4. The van der Waals surface area contributed by atoms with Gasteiger partial charge in [-0.15, -0.1) is 5.10 Å². The molecule has 0 unspecified atom stereocenters. The van der Waals surface area contributed by atoms with Crippen LogP contribution in [0.3, 0.4) is 0 Å². The Bertz CT molecular complexity index is 1320. The number of nitrogens with one attached hydrogen (secondary N) is 1. The Morgan fingerprint density at radius 2 is 1.91 bits per heavy atom. The van der Waals surface area contributed by atoms with Gasteiger partial charge in [-0.05, 0) is 23.3 Å². The van der Waals surface area contributed by atoms with Gasteiger partial charge in [-0.3, -0.25) is 4.79 Å². The zero-order chi connectivity index (χ0) is 22.7. The molecule has 0 spiro atoms. The Morgan fingerprint density at radius 1 is 1.16 bits per heavy atom. The fraction of sp³-hybridized carbons (Fsp3) is 0.0500. The largest absolute Gasteiger partial charge is 0.478 e. The first-order valence-corrected chi connectivity index (χ1v) is 9.22. The van der Waals surface area contributed by atoms with Crippen molar-refractivity contribution >= 4 is 23.9 Å². The molecule has 160 valence electrons. The number of nitrogen functional groups attached to an aromatic ring is 1. The number of hydrazone groups is 1. The summed E-state index contributed by atoms with van der Waals surface area (Å²) in [5.74, 6) is -1.74. The molecule has 0 saturated carbocycles. The maximum absolute atomic E-state index is 12.8. The van der Waals surface area contributed by atoms with Crippen molar-refractivity contribution in [2.75, 3.05) is 5.73 Å². The van der Waals surface area contributed by atoms with Gasteiger partial charge in [0.1, 0.15) is 5.69 Å². The number of aromatic carboxylic acids is 1. The molecule has 4 rings (SSSR count). The Hall–Kier alpha value is -4.87. The average molecular weight is 432 g/mol. The third-order valence-electron chi connectivity index (χ3n) is 4.47. The predicted molar refractivity (Wildman–Crippen MR) is 112 cm³/mol. The van der Waals surface area contributed by atoms with Crippen LogP contribution in [0.2, 0.25) is 0 Å². The number of nitrogens with zero attached hydrogens (tertiary/aromatic N) is 6. The number of carboxylic acid groups (broad SMARTS) is 1. The number of hydrogen-bond donors (Lipinski definition) is 3. The van der Waals surface area contributed by atoms with E-state index in [1.54, 1.807) is 30.3 Å². The molecule has 12 nitrogen and oxygen atoms in total. The molecule has 0 aliphatic heterocycles. The van der Waals surface area contributed by atoms with Gasteiger partial charge in [0.15, 0.2) is 5.69 Å². The maximum atomic E-state index is 12.8. The molecular formula is C20H16N8O4. The number of hydrogen-bond acceptors (Lipinski definition) is 9. The molecule has 1 amide bonds. The van der Waals surface area contributed by atoms with Crippen molar-refractivity contribution in [3.63, 3.8) is 0 Å². The zero-order valence-corrected chi connectivity index (χ0v) is 16.6. The predicted octanol–water partition coefficient (Wildman–Crippen LogP) is 1.67. The molecule has 0 atom stereocenters. The number of aryl methyl sites for hydroxylation is 1. The van der Waals surface area contributed by atoms with Gasteiger partial charge in [0.2, 0.25) is 11.6 Å². The lowest BCUT2D eigenvalue weighted by Crippen LogP contribution is -2.19. The van der Waals surface area contributed by atoms with Crippen LogP contribution in [0.4, 0.5) is 5.82 Å². The van der Waals surface area contributed by atoms with Crippen molar-refractivity contribution in [2.24, 2.45) is 5.10 Å². The minimum Gasteiger partial charge on any atom is -0.478 e. The number of amides is 1. The fourth-order valence-electron chi connectivity index (χ4n) is 2.91. The van der Waals surface area contributed by atoms with E-state index in [0.717, 1.165) is 5.56 Å². The monoisotopic (exact) mass is 432 g/mol. The second-order valence-corrected chi connectivity index (χ2v) is 6.63. The molecule has 2 aromatic carbocycles. The van der Waals surface area contributed by atoms with Gasteiger partial charge >= 0.3 is 5.97 Å². The fourth-order valence-corrected chi connectivity index (χ4v) is 2.91. The number of aromatic nitrogens is 5. The minimum atomic E-state index is -1.11. The molecule has 0 aliphatic carbocycles. The molecule has 0 fully saturated rings. The highest BCUT2D eigenvalue weighted by atomic mass is 16.6. The van der Waals surface area contributed by atoms with E-state index in [1.807, 2.05) is 19.1 Å². The molecule has 0 aliphatic rings. The molecule has 2 heterocycles. The van der Waals surface area contributed by atoms with Gasteiger partial charge in [-0.1, -0.05) is 53.2 Å². The van der Waals surface area contributed by atoms with Crippen molar-refractivity contribution < 1.29 is 19.3 Å². The Balaban J connectivity index is 1.68. The van der Waals surface area contributed by atoms with Crippen molar-refractivity contribution in [2.45, 2.75) is 6.92 Å². The van der Waals surface area contributed by atoms with Crippen LogP contribution >= 0.6 is 0 Å². The summed E-state index contributed by atoms with van der Waals surface area (Å²) in [5.41, 5.74) is 10.4. The molecule has 2 aromatic heterocycles. The summed E-state index contributed by atoms with van der Waals surface area (Å²) in [6.07, 6.45) is 1.23. The Morgan fingerprint density at radius 3 is 2.59 bits per heavy atom. The summed E-state index contributed by atoms with van der Waals surface area (Å²) in [6.45, 7) is 1.93. The van der Waals surface area contributed by atoms with Crippen LogP contribution in [0.1, 0.15) is 32.0 Å². The van der Waals surface area contributed by atoms with Crippen molar-refractivity contribution in [3.05, 3.63) is 70.9 Å². The first-order chi connectivity index (χ1) is 15.5. The summed E-state index contributed by atoms with van der Waals surface area (Å²) < 4.78 is 5.88. The Labute approximate surface area is 180 Å². The van der Waals surface area contributed by atoms with Crippen LogP contribution < -0.4 is 11.2 Å².